The van der Waals surface area contributed by atoms with Gasteiger partial charge >= 0.3 is 5.97 Å². The Hall–Kier alpha value is -1.58. The Balaban J connectivity index is 2.94. The van der Waals surface area contributed by atoms with Gasteiger partial charge < -0.3 is 9.84 Å². The fraction of sp³-hybridized carbons (Fsp3) is 0.333. The molecular weight excluding hydrogens is 172 g/mol. The summed E-state index contributed by atoms with van der Waals surface area (Å²) in [5.41, 5.74) is 0.0708. The third-order valence-electron chi connectivity index (χ3n) is 1.62. The van der Waals surface area contributed by atoms with E-state index in [0.29, 0.717) is 6.61 Å². The van der Waals surface area contributed by atoms with Crippen molar-refractivity contribution in [3.05, 3.63) is 23.5 Å². The van der Waals surface area contributed by atoms with E-state index in [1.54, 1.807) is 6.92 Å². The fourth-order valence-electron chi connectivity index (χ4n) is 1.08. The molecule has 70 valence electrons. The van der Waals surface area contributed by atoms with E-state index >= 15 is 0 Å². The molecule has 0 saturated heterocycles. The zero-order valence-corrected chi connectivity index (χ0v) is 7.24. The maximum absolute atomic E-state index is 10.9. The van der Waals surface area contributed by atoms with E-state index in [2.05, 4.69) is 0 Å². The Morgan fingerprint density at radius 2 is 2.31 bits per heavy atom. The molecule has 13 heavy (non-hydrogen) atoms. The van der Waals surface area contributed by atoms with Gasteiger partial charge in [-0.15, -0.1) is 0 Å². The molecule has 0 fully saturated rings. The summed E-state index contributed by atoms with van der Waals surface area (Å²) >= 11 is 0. The van der Waals surface area contributed by atoms with Crippen LogP contribution in [0.1, 0.15) is 13.3 Å². The minimum atomic E-state index is -1.06. The second-order valence-electron chi connectivity index (χ2n) is 2.55. The number of ether oxygens (including phenoxy) is 1. The van der Waals surface area contributed by atoms with Crippen LogP contribution in [-0.4, -0.2) is 23.5 Å². The van der Waals surface area contributed by atoms with Gasteiger partial charge in [0, 0.05) is 0 Å². The summed E-state index contributed by atoms with van der Waals surface area (Å²) in [5, 5.41) is 8.72. The van der Waals surface area contributed by atoms with Gasteiger partial charge in [0.2, 0.25) is 0 Å². The second-order valence-corrected chi connectivity index (χ2v) is 2.55. The molecule has 0 aromatic rings. The lowest BCUT2D eigenvalue weighted by Gasteiger charge is -2.12. The van der Waals surface area contributed by atoms with E-state index in [4.69, 9.17) is 9.84 Å². The Kier molecular flexibility index (Phi) is 2.84. The maximum atomic E-state index is 10.9. The van der Waals surface area contributed by atoms with Crippen LogP contribution in [0.3, 0.4) is 0 Å². The highest BCUT2D eigenvalue weighted by Crippen LogP contribution is 2.17. The fourth-order valence-corrected chi connectivity index (χ4v) is 1.08. The standard InChI is InChI=1S/C9H10O4/c1-2-13-8-5-6(10)3-4-7(8)9(11)12/h3-4H,2,5H2,1H3,(H,11,12). The molecule has 1 rings (SSSR count). The summed E-state index contributed by atoms with van der Waals surface area (Å²) in [6.45, 7) is 2.11. The van der Waals surface area contributed by atoms with Crippen molar-refractivity contribution in [3.63, 3.8) is 0 Å². The van der Waals surface area contributed by atoms with Crippen LogP contribution in [0.5, 0.6) is 0 Å². The Morgan fingerprint density at radius 1 is 1.62 bits per heavy atom. The van der Waals surface area contributed by atoms with Crippen molar-refractivity contribution in [3.8, 4) is 0 Å². The lowest BCUT2D eigenvalue weighted by atomic mass is 10.0. The van der Waals surface area contributed by atoms with Crippen LogP contribution in [0.2, 0.25) is 0 Å². The maximum Gasteiger partial charge on any atom is 0.339 e. The summed E-state index contributed by atoms with van der Waals surface area (Å²) in [4.78, 5) is 21.6. The summed E-state index contributed by atoms with van der Waals surface area (Å²) in [5.74, 6) is -0.942. The number of aliphatic carboxylic acids is 1. The largest absolute Gasteiger partial charge is 0.497 e. The van der Waals surface area contributed by atoms with E-state index in [1.807, 2.05) is 0 Å². The monoisotopic (exact) mass is 182 g/mol. The molecule has 1 aliphatic carbocycles. The Morgan fingerprint density at radius 3 is 2.85 bits per heavy atom. The van der Waals surface area contributed by atoms with E-state index < -0.39 is 5.97 Å². The third-order valence-corrected chi connectivity index (χ3v) is 1.62. The number of carbonyl (C=O) groups is 2. The zero-order valence-electron chi connectivity index (χ0n) is 7.24. The predicted octanol–water partition coefficient (Wildman–Crippen LogP) is 0.891. The molecule has 4 heteroatoms. The van der Waals surface area contributed by atoms with Crippen LogP contribution in [0, 0.1) is 0 Å². The Bertz CT molecular complexity index is 299. The molecule has 0 aromatic heterocycles. The van der Waals surface area contributed by atoms with Crippen molar-refractivity contribution in [2.75, 3.05) is 6.61 Å². The molecule has 0 saturated carbocycles. The number of ketones is 1. The first-order chi connectivity index (χ1) is 6.15. The first kappa shape index (κ1) is 9.51. The number of allylic oxidation sites excluding steroid dienone is 2. The first-order valence-corrected chi connectivity index (χ1v) is 3.95. The van der Waals surface area contributed by atoms with Gasteiger partial charge in [0.1, 0.15) is 5.76 Å². The molecule has 0 spiro atoms. The number of carbonyl (C=O) groups excluding carboxylic acids is 1. The van der Waals surface area contributed by atoms with Crippen LogP contribution in [-0.2, 0) is 14.3 Å². The lowest BCUT2D eigenvalue weighted by molar-refractivity contribution is -0.132. The smallest absolute Gasteiger partial charge is 0.339 e. The number of hydrogen-bond donors (Lipinski definition) is 1. The van der Waals surface area contributed by atoms with E-state index in [0.717, 1.165) is 0 Å². The van der Waals surface area contributed by atoms with Gasteiger partial charge in [-0.25, -0.2) is 4.79 Å². The van der Waals surface area contributed by atoms with Crippen molar-refractivity contribution < 1.29 is 19.4 Å². The molecule has 0 atom stereocenters. The average Bonchev–Trinajstić information content (AvgIpc) is 2.04. The lowest BCUT2D eigenvalue weighted by Crippen LogP contribution is -2.12. The van der Waals surface area contributed by atoms with Gasteiger partial charge in [-0.05, 0) is 19.1 Å². The minimum Gasteiger partial charge on any atom is -0.497 e. The number of rotatable bonds is 3. The molecule has 1 aliphatic rings. The normalized spacial score (nSPS) is 16.2. The van der Waals surface area contributed by atoms with Crippen LogP contribution >= 0.6 is 0 Å². The number of hydrogen-bond acceptors (Lipinski definition) is 3. The van der Waals surface area contributed by atoms with Gasteiger partial charge in [0.25, 0.3) is 0 Å². The van der Waals surface area contributed by atoms with Crippen molar-refractivity contribution in [2.24, 2.45) is 0 Å². The van der Waals surface area contributed by atoms with Crippen molar-refractivity contribution in [1.82, 2.24) is 0 Å². The summed E-state index contributed by atoms with van der Waals surface area (Å²) in [6, 6.07) is 0. The molecular formula is C9H10O4. The van der Waals surface area contributed by atoms with Crippen LogP contribution in [0.15, 0.2) is 23.5 Å². The zero-order chi connectivity index (χ0) is 9.84. The minimum absolute atomic E-state index is 0.0476. The van der Waals surface area contributed by atoms with Crippen LogP contribution in [0.4, 0.5) is 0 Å². The van der Waals surface area contributed by atoms with E-state index in [9.17, 15) is 9.59 Å². The van der Waals surface area contributed by atoms with Gasteiger partial charge in [-0.1, -0.05) is 0 Å². The van der Waals surface area contributed by atoms with Gasteiger partial charge in [0.05, 0.1) is 18.6 Å². The predicted molar refractivity (Wildman–Crippen MR) is 45.1 cm³/mol. The molecule has 0 heterocycles. The van der Waals surface area contributed by atoms with E-state index in [-0.39, 0.29) is 23.5 Å². The molecule has 0 amide bonds. The summed E-state index contributed by atoms with van der Waals surface area (Å²) < 4.78 is 5.05. The molecule has 0 bridgehead atoms. The van der Waals surface area contributed by atoms with Crippen LogP contribution < -0.4 is 0 Å². The Labute approximate surface area is 75.5 Å². The van der Waals surface area contributed by atoms with Crippen molar-refractivity contribution in [1.29, 1.82) is 0 Å². The van der Waals surface area contributed by atoms with Gasteiger partial charge in [-0.2, -0.15) is 0 Å². The SMILES string of the molecule is CCOC1=C(C(=O)O)C=CC(=O)C1. The molecule has 0 aromatic carbocycles. The average molecular weight is 182 g/mol. The van der Waals surface area contributed by atoms with E-state index in [1.165, 1.54) is 12.2 Å². The number of carboxylic acid groups (broad SMARTS) is 1. The highest BCUT2D eigenvalue weighted by atomic mass is 16.5. The van der Waals surface area contributed by atoms with Crippen molar-refractivity contribution in [2.45, 2.75) is 13.3 Å². The summed E-state index contributed by atoms with van der Waals surface area (Å²) in [6.07, 6.45) is 2.58. The topological polar surface area (TPSA) is 63.6 Å². The molecule has 4 nitrogen and oxygen atoms in total. The number of carboxylic acids is 1. The second kappa shape index (κ2) is 3.89. The molecule has 1 N–H and O–H groups in total. The van der Waals surface area contributed by atoms with Gasteiger partial charge in [-0.3, -0.25) is 4.79 Å². The van der Waals surface area contributed by atoms with Crippen molar-refractivity contribution >= 4 is 11.8 Å². The highest BCUT2D eigenvalue weighted by Gasteiger charge is 2.19. The molecule has 0 unspecified atom stereocenters. The quantitative estimate of drug-likeness (QED) is 0.704. The third kappa shape index (κ3) is 2.18. The first-order valence-electron chi connectivity index (χ1n) is 3.95. The van der Waals surface area contributed by atoms with Crippen LogP contribution in [0.25, 0.3) is 0 Å². The molecule has 0 radical (unpaired) electrons. The van der Waals surface area contributed by atoms with Gasteiger partial charge in [0.15, 0.2) is 5.78 Å². The highest BCUT2D eigenvalue weighted by molar-refractivity contribution is 6.00. The summed E-state index contributed by atoms with van der Waals surface area (Å²) in [7, 11) is 0. The molecule has 0 aliphatic heterocycles.